The molecule has 0 N–H and O–H groups in total. The van der Waals surface area contributed by atoms with E-state index in [0.717, 1.165) is 34.6 Å². The van der Waals surface area contributed by atoms with Crippen molar-refractivity contribution in [2.24, 2.45) is 0 Å². The minimum Gasteiger partial charge on any atom is -0.0613 e. The van der Waals surface area contributed by atoms with E-state index in [0.29, 0.717) is 0 Å². The van der Waals surface area contributed by atoms with Gasteiger partial charge in [0.1, 0.15) is 0 Å². The van der Waals surface area contributed by atoms with E-state index in [1.165, 1.54) is 66.8 Å². The number of rotatable bonds is 8. The van der Waals surface area contributed by atoms with E-state index in [1.807, 2.05) is 0 Å². The highest BCUT2D eigenvalue weighted by Crippen LogP contribution is 2.53. The monoisotopic (exact) mass is 650 g/mol. The standard InChI is InChI=1S/C38H36Br2/c1-5-25-9-17-29(18-10-25)33-34(30-19-11-26(6-2)12-20-30)38(40)36(32-23-15-28(8-4)16-24-32)35(37(33)39)31-21-13-27(7-3)14-22-31/h9-24H,5-8H2,1-4H3. The molecule has 0 saturated carbocycles. The Bertz CT molecular complexity index is 1350. The molecule has 0 unspecified atom stereocenters. The Kier molecular flexibility index (Phi) is 9.08. The van der Waals surface area contributed by atoms with Crippen LogP contribution < -0.4 is 0 Å². The largest absolute Gasteiger partial charge is 0.0613 e. The van der Waals surface area contributed by atoms with Gasteiger partial charge < -0.3 is 0 Å². The molecule has 0 atom stereocenters. The molecule has 5 aromatic carbocycles. The van der Waals surface area contributed by atoms with Crippen LogP contribution in [0.15, 0.2) is 106 Å². The van der Waals surface area contributed by atoms with Crippen LogP contribution in [0.3, 0.4) is 0 Å². The molecule has 0 aliphatic carbocycles. The fourth-order valence-corrected chi connectivity index (χ4v) is 7.11. The SMILES string of the molecule is CCc1ccc(-c2c(Br)c(-c3ccc(CC)cc3)c(-c3ccc(CC)cc3)c(Br)c2-c2ccc(CC)cc2)cc1. The Hall–Kier alpha value is -2.94. The van der Waals surface area contributed by atoms with Crippen LogP contribution in [0.2, 0.25) is 0 Å². The fraction of sp³-hybridized carbons (Fsp3) is 0.211. The summed E-state index contributed by atoms with van der Waals surface area (Å²) >= 11 is 8.38. The van der Waals surface area contributed by atoms with Gasteiger partial charge in [0.25, 0.3) is 0 Å². The van der Waals surface area contributed by atoms with E-state index in [-0.39, 0.29) is 0 Å². The zero-order valence-corrected chi connectivity index (χ0v) is 27.0. The van der Waals surface area contributed by atoms with Crippen LogP contribution in [0.4, 0.5) is 0 Å². The summed E-state index contributed by atoms with van der Waals surface area (Å²) in [5, 5.41) is 0. The zero-order chi connectivity index (χ0) is 28.2. The quantitative estimate of drug-likeness (QED) is 0.157. The molecule has 0 aliphatic rings. The van der Waals surface area contributed by atoms with Gasteiger partial charge in [-0.1, -0.05) is 125 Å². The summed E-state index contributed by atoms with van der Waals surface area (Å²) in [7, 11) is 0. The van der Waals surface area contributed by atoms with E-state index in [1.54, 1.807) is 0 Å². The van der Waals surface area contributed by atoms with Crippen LogP contribution in [0.25, 0.3) is 44.5 Å². The maximum atomic E-state index is 4.19. The molecule has 0 heterocycles. The lowest BCUT2D eigenvalue weighted by Gasteiger charge is -2.24. The molecule has 0 saturated heterocycles. The summed E-state index contributed by atoms with van der Waals surface area (Å²) in [6.45, 7) is 8.83. The van der Waals surface area contributed by atoms with Crippen molar-refractivity contribution in [3.8, 4) is 44.5 Å². The van der Waals surface area contributed by atoms with Gasteiger partial charge >= 0.3 is 0 Å². The average molecular weight is 653 g/mol. The molecular formula is C38H36Br2. The molecule has 40 heavy (non-hydrogen) atoms. The first-order chi connectivity index (χ1) is 19.5. The molecule has 0 bridgehead atoms. The Morgan fingerprint density at radius 2 is 0.500 bits per heavy atom. The summed E-state index contributed by atoms with van der Waals surface area (Å²) in [5.74, 6) is 0. The summed E-state index contributed by atoms with van der Waals surface area (Å²) < 4.78 is 2.24. The third-order valence-corrected chi connectivity index (χ3v) is 9.57. The molecule has 0 aromatic heterocycles. The van der Waals surface area contributed by atoms with Gasteiger partial charge in [0.2, 0.25) is 0 Å². The third-order valence-electron chi connectivity index (χ3n) is 7.98. The maximum Gasteiger partial charge on any atom is 0.0345 e. The predicted octanol–water partition coefficient (Wildman–Crippen LogP) is 12.1. The van der Waals surface area contributed by atoms with E-state index >= 15 is 0 Å². The second-order valence-corrected chi connectivity index (χ2v) is 11.9. The topological polar surface area (TPSA) is 0 Å². The zero-order valence-electron chi connectivity index (χ0n) is 23.8. The van der Waals surface area contributed by atoms with Crippen LogP contribution in [0, 0.1) is 0 Å². The second-order valence-electron chi connectivity index (χ2n) is 10.3. The molecule has 5 aromatic rings. The molecule has 0 fully saturated rings. The smallest absolute Gasteiger partial charge is 0.0345 e. The number of aryl methyl sites for hydroxylation is 4. The molecule has 0 spiro atoms. The summed E-state index contributed by atoms with van der Waals surface area (Å²) in [6.07, 6.45) is 4.10. The van der Waals surface area contributed by atoms with Crippen molar-refractivity contribution in [1.29, 1.82) is 0 Å². The van der Waals surface area contributed by atoms with Crippen LogP contribution in [-0.2, 0) is 25.7 Å². The van der Waals surface area contributed by atoms with E-state index in [4.69, 9.17) is 0 Å². The lowest BCUT2D eigenvalue weighted by atomic mass is 9.84. The van der Waals surface area contributed by atoms with Gasteiger partial charge in [-0.2, -0.15) is 0 Å². The highest BCUT2D eigenvalue weighted by atomic mass is 79.9. The maximum absolute atomic E-state index is 4.19. The van der Waals surface area contributed by atoms with Crippen molar-refractivity contribution < 1.29 is 0 Å². The van der Waals surface area contributed by atoms with Crippen LogP contribution >= 0.6 is 31.9 Å². The highest BCUT2D eigenvalue weighted by Gasteiger charge is 2.25. The molecule has 0 amide bonds. The lowest BCUT2D eigenvalue weighted by Crippen LogP contribution is -1.98. The van der Waals surface area contributed by atoms with Crippen molar-refractivity contribution in [3.05, 3.63) is 128 Å². The number of hydrogen-bond acceptors (Lipinski definition) is 0. The second kappa shape index (κ2) is 12.7. The Labute approximate surface area is 256 Å². The first-order valence-corrected chi connectivity index (χ1v) is 16.0. The molecule has 5 rings (SSSR count). The lowest BCUT2D eigenvalue weighted by molar-refractivity contribution is 1.14. The minimum absolute atomic E-state index is 1.03. The number of hydrogen-bond donors (Lipinski definition) is 0. The average Bonchev–Trinajstić information content (AvgIpc) is 3.02. The van der Waals surface area contributed by atoms with Gasteiger partial charge in [0, 0.05) is 31.2 Å². The number of halogens is 2. The molecule has 202 valence electrons. The van der Waals surface area contributed by atoms with Gasteiger partial charge in [0.15, 0.2) is 0 Å². The van der Waals surface area contributed by atoms with E-state index in [2.05, 4.69) is 157 Å². The van der Waals surface area contributed by atoms with Gasteiger partial charge in [-0.15, -0.1) is 0 Å². The summed E-state index contributed by atoms with van der Waals surface area (Å²) in [6, 6.07) is 36.2. The normalized spacial score (nSPS) is 11.2. The van der Waals surface area contributed by atoms with Crippen LogP contribution in [0.1, 0.15) is 49.9 Å². The molecule has 0 radical (unpaired) electrons. The van der Waals surface area contributed by atoms with E-state index < -0.39 is 0 Å². The van der Waals surface area contributed by atoms with Crippen molar-refractivity contribution in [3.63, 3.8) is 0 Å². The van der Waals surface area contributed by atoms with Gasteiger partial charge in [0.05, 0.1) is 0 Å². The molecule has 0 nitrogen and oxygen atoms in total. The fourth-order valence-electron chi connectivity index (χ4n) is 5.40. The highest BCUT2D eigenvalue weighted by molar-refractivity contribution is 9.11. The molecule has 2 heteroatoms. The Balaban J connectivity index is 1.89. The Morgan fingerprint density at radius 1 is 0.325 bits per heavy atom. The van der Waals surface area contributed by atoms with Crippen molar-refractivity contribution in [1.82, 2.24) is 0 Å². The summed E-state index contributed by atoms with van der Waals surface area (Å²) in [5.41, 5.74) is 15.0. The van der Waals surface area contributed by atoms with Gasteiger partial charge in [-0.05, 0) is 102 Å². The Morgan fingerprint density at radius 3 is 0.650 bits per heavy atom. The first kappa shape index (κ1) is 28.6. The van der Waals surface area contributed by atoms with Gasteiger partial charge in [-0.25, -0.2) is 0 Å². The minimum atomic E-state index is 1.03. The molecule has 0 aliphatic heterocycles. The predicted molar refractivity (Wildman–Crippen MR) is 181 cm³/mol. The van der Waals surface area contributed by atoms with Crippen LogP contribution in [-0.4, -0.2) is 0 Å². The van der Waals surface area contributed by atoms with Crippen molar-refractivity contribution >= 4 is 31.9 Å². The van der Waals surface area contributed by atoms with Crippen LogP contribution in [0.5, 0.6) is 0 Å². The van der Waals surface area contributed by atoms with E-state index in [9.17, 15) is 0 Å². The summed E-state index contributed by atoms with van der Waals surface area (Å²) in [4.78, 5) is 0. The van der Waals surface area contributed by atoms with Crippen molar-refractivity contribution in [2.45, 2.75) is 53.4 Å². The van der Waals surface area contributed by atoms with Gasteiger partial charge in [-0.3, -0.25) is 0 Å². The third kappa shape index (κ3) is 5.62. The van der Waals surface area contributed by atoms with Crippen molar-refractivity contribution in [2.75, 3.05) is 0 Å². The first-order valence-electron chi connectivity index (χ1n) is 14.4. The molecular weight excluding hydrogens is 616 g/mol. The number of benzene rings is 5.